The second kappa shape index (κ2) is 11.5. The molecule has 0 bridgehead atoms. The van der Waals surface area contributed by atoms with Crippen LogP contribution in [0, 0.1) is 11.8 Å². The van der Waals surface area contributed by atoms with E-state index in [0.717, 1.165) is 5.56 Å². The Morgan fingerprint density at radius 3 is 2.51 bits per heavy atom. The Hall–Kier alpha value is -3.95. The number of cyclic esters (lactones) is 2. The summed E-state index contributed by atoms with van der Waals surface area (Å²) < 4.78 is 16.5. The molecule has 3 rings (SSSR count). The van der Waals surface area contributed by atoms with Gasteiger partial charge in [-0.2, -0.15) is 0 Å². The fourth-order valence-electron chi connectivity index (χ4n) is 3.55. The molecule has 1 fully saturated rings. The standard InChI is InChI=1S/C25H28N2O8/c1-14(2)23(30)35-21-15(3)34-25(32)18(27-22(29)20-19(28)10-7-11-26-20)13-33-24(31)17(21)12-16-8-5-4-6-9-16/h4-11,14-15,17-18,21,28H,12-13H2,1-3H3,(H,27,29)/t15-,17+,18+,21-/m0/s1. The van der Waals surface area contributed by atoms with E-state index in [2.05, 4.69) is 10.3 Å². The Morgan fingerprint density at radius 2 is 1.86 bits per heavy atom. The number of hydrogen-bond donors (Lipinski definition) is 2. The van der Waals surface area contributed by atoms with Crippen molar-refractivity contribution >= 4 is 23.8 Å². The molecule has 10 nitrogen and oxygen atoms in total. The topological polar surface area (TPSA) is 141 Å². The van der Waals surface area contributed by atoms with E-state index in [-0.39, 0.29) is 17.9 Å². The van der Waals surface area contributed by atoms with Crippen LogP contribution in [0.1, 0.15) is 36.8 Å². The van der Waals surface area contributed by atoms with Gasteiger partial charge in [0.25, 0.3) is 5.91 Å². The Balaban J connectivity index is 1.87. The van der Waals surface area contributed by atoms with Crippen molar-refractivity contribution in [1.82, 2.24) is 10.3 Å². The van der Waals surface area contributed by atoms with Crippen molar-refractivity contribution in [3.05, 3.63) is 59.9 Å². The smallest absolute Gasteiger partial charge is 0.332 e. The van der Waals surface area contributed by atoms with Crippen LogP contribution in [0.4, 0.5) is 0 Å². The van der Waals surface area contributed by atoms with Crippen molar-refractivity contribution in [1.29, 1.82) is 0 Å². The van der Waals surface area contributed by atoms with Gasteiger partial charge in [-0.05, 0) is 31.0 Å². The highest BCUT2D eigenvalue weighted by molar-refractivity contribution is 5.97. The van der Waals surface area contributed by atoms with Gasteiger partial charge in [-0.3, -0.25) is 14.4 Å². The summed E-state index contributed by atoms with van der Waals surface area (Å²) >= 11 is 0. The lowest BCUT2D eigenvalue weighted by Gasteiger charge is -2.29. The summed E-state index contributed by atoms with van der Waals surface area (Å²) in [6.45, 7) is 4.30. The van der Waals surface area contributed by atoms with Crippen LogP contribution in [0.5, 0.6) is 5.75 Å². The first-order valence-electron chi connectivity index (χ1n) is 11.2. The third-order valence-corrected chi connectivity index (χ3v) is 5.47. The Morgan fingerprint density at radius 1 is 1.14 bits per heavy atom. The Kier molecular flexibility index (Phi) is 8.40. The van der Waals surface area contributed by atoms with Gasteiger partial charge in [0.2, 0.25) is 0 Å². The Labute approximate surface area is 202 Å². The maximum atomic E-state index is 13.1. The first kappa shape index (κ1) is 25.7. The highest BCUT2D eigenvalue weighted by Gasteiger charge is 2.42. The van der Waals surface area contributed by atoms with Crippen LogP contribution < -0.4 is 5.32 Å². The summed E-state index contributed by atoms with van der Waals surface area (Å²) in [5.41, 5.74) is 0.499. The summed E-state index contributed by atoms with van der Waals surface area (Å²) in [5.74, 6) is -4.82. The molecule has 186 valence electrons. The fraction of sp³-hybridized carbons (Fsp3) is 0.400. The molecule has 1 aromatic heterocycles. The lowest BCUT2D eigenvalue weighted by atomic mass is 9.91. The van der Waals surface area contributed by atoms with Gasteiger partial charge in [-0.1, -0.05) is 44.2 Å². The summed E-state index contributed by atoms with van der Waals surface area (Å²) in [6, 6.07) is 10.4. The molecule has 0 aliphatic carbocycles. The first-order valence-corrected chi connectivity index (χ1v) is 11.2. The van der Waals surface area contributed by atoms with E-state index in [1.165, 1.54) is 25.3 Å². The average Bonchev–Trinajstić information content (AvgIpc) is 2.86. The molecule has 1 saturated heterocycles. The highest BCUT2D eigenvalue weighted by Crippen LogP contribution is 2.25. The van der Waals surface area contributed by atoms with E-state index in [1.54, 1.807) is 13.8 Å². The highest BCUT2D eigenvalue weighted by atomic mass is 16.6. The molecule has 2 N–H and O–H groups in total. The fourth-order valence-corrected chi connectivity index (χ4v) is 3.55. The van der Waals surface area contributed by atoms with Crippen molar-refractivity contribution < 1.29 is 38.5 Å². The number of carbonyl (C=O) groups is 4. The summed E-state index contributed by atoms with van der Waals surface area (Å²) in [5, 5.41) is 12.3. The van der Waals surface area contributed by atoms with E-state index in [9.17, 15) is 24.3 Å². The maximum absolute atomic E-state index is 13.1. The largest absolute Gasteiger partial charge is 0.505 e. The lowest BCUT2D eigenvalue weighted by molar-refractivity contribution is -0.176. The minimum Gasteiger partial charge on any atom is -0.505 e. The van der Waals surface area contributed by atoms with Gasteiger partial charge in [0.15, 0.2) is 17.8 Å². The predicted octanol–water partition coefficient (Wildman–Crippen LogP) is 1.80. The number of aromatic nitrogens is 1. The summed E-state index contributed by atoms with van der Waals surface area (Å²) in [4.78, 5) is 54.8. The number of pyridine rings is 1. The second-order valence-corrected chi connectivity index (χ2v) is 8.52. The summed E-state index contributed by atoms with van der Waals surface area (Å²) in [6.07, 6.45) is -0.653. The van der Waals surface area contributed by atoms with Gasteiger partial charge < -0.3 is 24.6 Å². The van der Waals surface area contributed by atoms with Gasteiger partial charge in [0.05, 0.1) is 5.92 Å². The second-order valence-electron chi connectivity index (χ2n) is 8.52. The third-order valence-electron chi connectivity index (χ3n) is 5.47. The van der Waals surface area contributed by atoms with Gasteiger partial charge in [0, 0.05) is 6.20 Å². The maximum Gasteiger partial charge on any atom is 0.332 e. The van der Waals surface area contributed by atoms with Crippen molar-refractivity contribution in [3.8, 4) is 5.75 Å². The minimum absolute atomic E-state index is 0.177. The molecular weight excluding hydrogens is 456 g/mol. The van der Waals surface area contributed by atoms with Gasteiger partial charge >= 0.3 is 17.9 Å². The number of hydrogen-bond acceptors (Lipinski definition) is 9. The predicted molar refractivity (Wildman–Crippen MR) is 122 cm³/mol. The van der Waals surface area contributed by atoms with E-state index < -0.39 is 60.5 Å². The van der Waals surface area contributed by atoms with Crippen LogP contribution in [0.3, 0.4) is 0 Å². The molecule has 10 heteroatoms. The number of nitrogens with zero attached hydrogens (tertiary/aromatic N) is 1. The minimum atomic E-state index is -1.37. The van der Waals surface area contributed by atoms with Crippen LogP contribution in [0.15, 0.2) is 48.7 Å². The van der Waals surface area contributed by atoms with Crippen molar-refractivity contribution in [2.24, 2.45) is 11.8 Å². The molecular formula is C25H28N2O8. The number of amides is 1. The van der Waals surface area contributed by atoms with Crippen LogP contribution >= 0.6 is 0 Å². The van der Waals surface area contributed by atoms with E-state index in [0.29, 0.717) is 0 Å². The first-order chi connectivity index (χ1) is 16.7. The summed E-state index contributed by atoms with van der Waals surface area (Å²) in [7, 11) is 0. The number of nitrogens with one attached hydrogen (secondary N) is 1. The molecule has 0 spiro atoms. The quantitative estimate of drug-likeness (QED) is 0.464. The van der Waals surface area contributed by atoms with E-state index in [1.807, 2.05) is 30.3 Å². The third kappa shape index (κ3) is 6.56. The molecule has 2 heterocycles. The molecule has 0 radical (unpaired) electrons. The number of rotatable bonds is 6. The SMILES string of the molecule is CC(C)C(=O)O[C@H]1[C@H](C)OC(=O)[C@H](NC(=O)c2ncccc2O)COC(=O)[C@@H]1Cc1ccccc1. The number of ether oxygens (including phenoxy) is 3. The van der Waals surface area contributed by atoms with Crippen LogP contribution in [-0.4, -0.2) is 58.8 Å². The number of carbonyl (C=O) groups excluding carboxylic acids is 4. The van der Waals surface area contributed by atoms with Crippen molar-refractivity contribution in [3.63, 3.8) is 0 Å². The average molecular weight is 485 g/mol. The molecule has 35 heavy (non-hydrogen) atoms. The van der Waals surface area contributed by atoms with Crippen LogP contribution in [-0.2, 0) is 35.0 Å². The van der Waals surface area contributed by atoms with Crippen LogP contribution in [0.25, 0.3) is 0 Å². The molecule has 1 aliphatic heterocycles. The zero-order valence-corrected chi connectivity index (χ0v) is 19.7. The lowest BCUT2D eigenvalue weighted by Crippen LogP contribution is -2.47. The van der Waals surface area contributed by atoms with Crippen molar-refractivity contribution in [2.45, 2.75) is 45.4 Å². The zero-order valence-electron chi connectivity index (χ0n) is 19.7. The van der Waals surface area contributed by atoms with E-state index >= 15 is 0 Å². The zero-order chi connectivity index (χ0) is 25.5. The van der Waals surface area contributed by atoms with Gasteiger partial charge in [-0.25, -0.2) is 9.78 Å². The molecule has 1 aromatic carbocycles. The Bertz CT molecular complexity index is 1070. The van der Waals surface area contributed by atoms with Gasteiger partial charge in [0.1, 0.15) is 24.4 Å². The normalized spacial score (nSPS) is 22.7. The van der Waals surface area contributed by atoms with Gasteiger partial charge in [-0.15, -0.1) is 0 Å². The van der Waals surface area contributed by atoms with E-state index in [4.69, 9.17) is 14.2 Å². The monoisotopic (exact) mass is 484 g/mol. The number of esters is 3. The van der Waals surface area contributed by atoms with Crippen LogP contribution in [0.2, 0.25) is 0 Å². The number of aromatic hydroxyl groups is 1. The molecule has 1 amide bonds. The molecule has 4 atom stereocenters. The molecule has 0 saturated carbocycles. The van der Waals surface area contributed by atoms with Crippen molar-refractivity contribution in [2.75, 3.05) is 6.61 Å². The number of benzene rings is 1. The molecule has 0 unspecified atom stereocenters. The molecule has 1 aliphatic rings. The molecule has 2 aromatic rings.